The van der Waals surface area contributed by atoms with E-state index in [4.69, 9.17) is 16.3 Å². The van der Waals surface area contributed by atoms with E-state index in [0.29, 0.717) is 13.2 Å². The zero-order valence-electron chi connectivity index (χ0n) is 7.92. The van der Waals surface area contributed by atoms with Crippen molar-refractivity contribution in [1.29, 1.82) is 0 Å². The van der Waals surface area contributed by atoms with Crippen LogP contribution in [0.5, 0.6) is 0 Å². The third kappa shape index (κ3) is 2.81. The van der Waals surface area contributed by atoms with E-state index in [-0.39, 0.29) is 15.4 Å². The van der Waals surface area contributed by atoms with E-state index < -0.39 is 11.7 Å². The van der Waals surface area contributed by atoms with E-state index in [1.807, 2.05) is 0 Å². The standard InChI is InChI=1S/C9H7ClF3NOS/c10-7-1-5(9(11,12)13)2-8(14-7)16-6-3-15-4-6/h1-2,6H,3-4H2. The van der Waals surface area contributed by atoms with Crippen molar-refractivity contribution in [2.75, 3.05) is 13.2 Å². The van der Waals surface area contributed by atoms with Gasteiger partial charge in [-0.2, -0.15) is 13.2 Å². The van der Waals surface area contributed by atoms with Crippen molar-refractivity contribution in [2.24, 2.45) is 0 Å². The largest absolute Gasteiger partial charge is 0.416 e. The lowest BCUT2D eigenvalue weighted by Gasteiger charge is -2.24. The van der Waals surface area contributed by atoms with E-state index >= 15 is 0 Å². The molecular formula is C9H7ClF3NOS. The molecule has 1 saturated heterocycles. The number of alkyl halides is 3. The first kappa shape index (κ1) is 12.0. The fourth-order valence-electron chi connectivity index (χ4n) is 1.15. The van der Waals surface area contributed by atoms with Crippen molar-refractivity contribution in [3.05, 3.63) is 22.8 Å². The minimum absolute atomic E-state index is 0.141. The number of hydrogen-bond donors (Lipinski definition) is 0. The molecule has 0 amide bonds. The van der Waals surface area contributed by atoms with Gasteiger partial charge in [0.2, 0.25) is 0 Å². The molecule has 2 nitrogen and oxygen atoms in total. The Balaban J connectivity index is 2.21. The molecule has 1 aromatic heterocycles. The van der Waals surface area contributed by atoms with Gasteiger partial charge in [0, 0.05) is 0 Å². The van der Waals surface area contributed by atoms with Gasteiger partial charge >= 0.3 is 6.18 Å². The fraction of sp³-hybridized carbons (Fsp3) is 0.444. The van der Waals surface area contributed by atoms with E-state index in [1.54, 1.807) is 0 Å². The van der Waals surface area contributed by atoms with Crippen molar-refractivity contribution in [3.63, 3.8) is 0 Å². The number of thioether (sulfide) groups is 1. The Hall–Kier alpha value is -0.460. The normalized spacial score (nSPS) is 17.2. The topological polar surface area (TPSA) is 22.1 Å². The molecule has 0 unspecified atom stereocenters. The minimum Gasteiger partial charge on any atom is -0.379 e. The van der Waals surface area contributed by atoms with E-state index in [1.165, 1.54) is 11.8 Å². The van der Waals surface area contributed by atoms with Gasteiger partial charge in [-0.1, -0.05) is 23.4 Å². The number of aromatic nitrogens is 1. The number of ether oxygens (including phenoxy) is 1. The highest BCUT2D eigenvalue weighted by atomic mass is 35.5. The van der Waals surface area contributed by atoms with E-state index in [0.717, 1.165) is 12.1 Å². The van der Waals surface area contributed by atoms with Crippen LogP contribution in [0.15, 0.2) is 17.2 Å². The van der Waals surface area contributed by atoms with E-state index in [2.05, 4.69) is 4.98 Å². The number of halogens is 4. The summed E-state index contributed by atoms with van der Waals surface area (Å²) in [7, 11) is 0. The predicted molar refractivity (Wildman–Crippen MR) is 54.7 cm³/mol. The Morgan fingerprint density at radius 1 is 1.38 bits per heavy atom. The summed E-state index contributed by atoms with van der Waals surface area (Å²) in [6.07, 6.45) is -4.39. The molecule has 0 saturated carbocycles. The first-order valence-corrected chi connectivity index (χ1v) is 5.70. The summed E-state index contributed by atoms with van der Waals surface area (Å²) < 4.78 is 42.3. The number of rotatable bonds is 2. The highest BCUT2D eigenvalue weighted by molar-refractivity contribution is 8.00. The predicted octanol–water partition coefficient (Wildman–Crippen LogP) is 3.24. The summed E-state index contributed by atoms with van der Waals surface area (Å²) in [6, 6.07) is 1.83. The average molecular weight is 270 g/mol. The smallest absolute Gasteiger partial charge is 0.379 e. The molecule has 0 aliphatic carbocycles. The molecule has 1 fully saturated rings. The van der Waals surface area contributed by atoms with E-state index in [9.17, 15) is 13.2 Å². The van der Waals surface area contributed by atoms with Gasteiger partial charge < -0.3 is 4.74 Å². The Morgan fingerprint density at radius 3 is 2.56 bits per heavy atom. The lowest BCUT2D eigenvalue weighted by molar-refractivity contribution is -0.137. The fourth-order valence-corrected chi connectivity index (χ4v) is 2.42. The zero-order chi connectivity index (χ0) is 11.8. The Labute approximate surface area is 99.1 Å². The van der Waals surface area contributed by atoms with Gasteiger partial charge in [-0.3, -0.25) is 0 Å². The molecule has 1 aliphatic rings. The molecule has 0 N–H and O–H groups in total. The molecule has 0 bridgehead atoms. The summed E-state index contributed by atoms with van der Waals surface area (Å²) in [5.74, 6) is 0. The highest BCUT2D eigenvalue weighted by Gasteiger charge is 2.32. The molecule has 0 atom stereocenters. The summed E-state index contributed by atoms with van der Waals surface area (Å²) in [5.41, 5.74) is -0.768. The molecule has 1 aliphatic heterocycles. The van der Waals surface area contributed by atoms with Gasteiger partial charge in [-0.05, 0) is 12.1 Å². The maximum absolute atomic E-state index is 12.5. The maximum atomic E-state index is 12.5. The van der Waals surface area contributed by atoms with Crippen LogP contribution in [0.3, 0.4) is 0 Å². The first-order valence-electron chi connectivity index (χ1n) is 4.44. The monoisotopic (exact) mass is 269 g/mol. The third-order valence-electron chi connectivity index (χ3n) is 1.99. The molecule has 1 aromatic rings. The van der Waals surface area contributed by atoms with Crippen LogP contribution in [0.25, 0.3) is 0 Å². The molecule has 2 rings (SSSR count). The van der Waals surface area contributed by atoms with Crippen LogP contribution in [-0.4, -0.2) is 23.4 Å². The molecule has 2 heterocycles. The molecule has 0 aromatic carbocycles. The summed E-state index contributed by atoms with van der Waals surface area (Å²) in [4.78, 5) is 3.84. The molecule has 0 spiro atoms. The zero-order valence-corrected chi connectivity index (χ0v) is 9.49. The number of nitrogens with zero attached hydrogens (tertiary/aromatic N) is 1. The van der Waals surface area contributed by atoms with Crippen LogP contribution in [0.4, 0.5) is 13.2 Å². The van der Waals surface area contributed by atoms with Gasteiger partial charge in [0.05, 0.1) is 29.1 Å². The van der Waals surface area contributed by atoms with Crippen LogP contribution in [0.2, 0.25) is 5.15 Å². The van der Waals surface area contributed by atoms with Crippen molar-refractivity contribution < 1.29 is 17.9 Å². The molecule has 16 heavy (non-hydrogen) atoms. The highest BCUT2D eigenvalue weighted by Crippen LogP contribution is 2.34. The van der Waals surface area contributed by atoms with Crippen LogP contribution in [-0.2, 0) is 10.9 Å². The maximum Gasteiger partial charge on any atom is 0.416 e. The second-order valence-electron chi connectivity index (χ2n) is 3.29. The van der Waals surface area contributed by atoms with Crippen LogP contribution < -0.4 is 0 Å². The molecular weight excluding hydrogens is 263 g/mol. The Bertz CT molecular complexity index is 395. The lowest BCUT2D eigenvalue weighted by atomic mass is 10.3. The Morgan fingerprint density at radius 2 is 2.06 bits per heavy atom. The van der Waals surface area contributed by atoms with Crippen molar-refractivity contribution in [3.8, 4) is 0 Å². The lowest BCUT2D eigenvalue weighted by Crippen LogP contribution is -2.30. The first-order chi connectivity index (χ1) is 7.45. The second-order valence-corrected chi connectivity index (χ2v) is 5.00. The number of hydrogen-bond acceptors (Lipinski definition) is 3. The van der Waals surface area contributed by atoms with Gasteiger partial charge in [-0.15, -0.1) is 0 Å². The second kappa shape index (κ2) is 4.43. The van der Waals surface area contributed by atoms with Gasteiger partial charge in [0.25, 0.3) is 0 Å². The van der Waals surface area contributed by atoms with Gasteiger partial charge in [-0.25, -0.2) is 4.98 Å². The minimum atomic E-state index is -4.39. The average Bonchev–Trinajstić information content (AvgIpc) is 2.09. The molecule has 88 valence electrons. The summed E-state index contributed by atoms with van der Waals surface area (Å²) >= 11 is 6.80. The third-order valence-corrected chi connectivity index (χ3v) is 3.24. The Kier molecular flexibility index (Phi) is 3.32. The van der Waals surface area contributed by atoms with Crippen molar-refractivity contribution >= 4 is 23.4 Å². The van der Waals surface area contributed by atoms with Crippen LogP contribution in [0.1, 0.15) is 5.56 Å². The molecule has 7 heteroatoms. The molecule has 0 radical (unpaired) electrons. The van der Waals surface area contributed by atoms with Crippen LogP contribution >= 0.6 is 23.4 Å². The number of pyridine rings is 1. The van der Waals surface area contributed by atoms with Gasteiger partial charge in [0.1, 0.15) is 5.15 Å². The summed E-state index contributed by atoms with van der Waals surface area (Å²) in [6.45, 7) is 1.08. The summed E-state index contributed by atoms with van der Waals surface area (Å²) in [5, 5.41) is 0.317. The van der Waals surface area contributed by atoms with Gasteiger partial charge in [0.15, 0.2) is 0 Å². The SMILES string of the molecule is FC(F)(F)c1cc(Cl)nc(SC2COC2)c1. The van der Waals surface area contributed by atoms with Crippen molar-refractivity contribution in [2.45, 2.75) is 16.5 Å². The van der Waals surface area contributed by atoms with Crippen molar-refractivity contribution in [1.82, 2.24) is 4.98 Å². The van der Waals surface area contributed by atoms with Crippen LogP contribution in [0, 0.1) is 0 Å². The quantitative estimate of drug-likeness (QED) is 0.770.